The monoisotopic (exact) mass is 242 g/mol. The van der Waals surface area contributed by atoms with E-state index in [4.69, 9.17) is 4.74 Å². The zero-order chi connectivity index (χ0) is 12.8. The summed E-state index contributed by atoms with van der Waals surface area (Å²) in [5.74, 6) is 0.141. The van der Waals surface area contributed by atoms with Gasteiger partial charge < -0.3 is 15.4 Å². The molecule has 4 heteroatoms. The van der Waals surface area contributed by atoms with Crippen molar-refractivity contribution in [2.75, 3.05) is 7.11 Å². The SMILES string of the molecule is COC(C)CCC(=O)NC1CCC(C)NC1C. The van der Waals surface area contributed by atoms with Gasteiger partial charge in [-0.15, -0.1) is 0 Å². The van der Waals surface area contributed by atoms with Gasteiger partial charge in [-0.3, -0.25) is 4.79 Å². The van der Waals surface area contributed by atoms with Crippen molar-refractivity contribution < 1.29 is 9.53 Å². The van der Waals surface area contributed by atoms with Gasteiger partial charge in [0.05, 0.1) is 6.10 Å². The molecule has 1 fully saturated rings. The Morgan fingerprint density at radius 2 is 2.18 bits per heavy atom. The number of carbonyl (C=O) groups excluding carboxylic acids is 1. The standard InChI is InChI=1S/C13H26N2O2/c1-9-5-7-12(11(3)14-9)15-13(16)8-6-10(2)17-4/h9-12,14H,5-8H2,1-4H3,(H,15,16). The molecule has 1 heterocycles. The van der Waals surface area contributed by atoms with E-state index in [2.05, 4.69) is 24.5 Å². The van der Waals surface area contributed by atoms with Crippen LogP contribution in [0.2, 0.25) is 0 Å². The third-order valence-corrected chi connectivity index (χ3v) is 3.59. The molecule has 0 aromatic rings. The van der Waals surface area contributed by atoms with Crippen LogP contribution in [0.15, 0.2) is 0 Å². The van der Waals surface area contributed by atoms with Crippen molar-refractivity contribution in [3.63, 3.8) is 0 Å². The molecule has 0 aliphatic carbocycles. The Labute approximate surface area is 104 Å². The van der Waals surface area contributed by atoms with E-state index in [1.54, 1.807) is 7.11 Å². The normalized spacial score (nSPS) is 30.9. The lowest BCUT2D eigenvalue weighted by atomic mass is 9.95. The molecule has 0 bridgehead atoms. The van der Waals surface area contributed by atoms with Crippen molar-refractivity contribution in [3.05, 3.63) is 0 Å². The molecule has 1 amide bonds. The van der Waals surface area contributed by atoms with Crippen LogP contribution in [0.3, 0.4) is 0 Å². The number of rotatable bonds is 5. The smallest absolute Gasteiger partial charge is 0.220 e. The van der Waals surface area contributed by atoms with Crippen LogP contribution < -0.4 is 10.6 Å². The minimum Gasteiger partial charge on any atom is -0.382 e. The van der Waals surface area contributed by atoms with Gasteiger partial charge in [-0.05, 0) is 40.0 Å². The summed E-state index contributed by atoms with van der Waals surface area (Å²) in [4.78, 5) is 11.8. The van der Waals surface area contributed by atoms with Gasteiger partial charge in [0, 0.05) is 31.7 Å². The van der Waals surface area contributed by atoms with E-state index < -0.39 is 0 Å². The van der Waals surface area contributed by atoms with Crippen LogP contribution in [0.25, 0.3) is 0 Å². The van der Waals surface area contributed by atoms with Crippen molar-refractivity contribution in [1.82, 2.24) is 10.6 Å². The number of methoxy groups -OCH3 is 1. The fourth-order valence-corrected chi connectivity index (χ4v) is 2.26. The van der Waals surface area contributed by atoms with E-state index in [1.807, 2.05) is 6.92 Å². The average Bonchev–Trinajstić information content (AvgIpc) is 2.29. The molecule has 4 nitrogen and oxygen atoms in total. The second-order valence-corrected chi connectivity index (χ2v) is 5.19. The molecule has 17 heavy (non-hydrogen) atoms. The predicted molar refractivity (Wildman–Crippen MR) is 68.9 cm³/mol. The number of carbonyl (C=O) groups is 1. The summed E-state index contributed by atoms with van der Waals surface area (Å²) in [7, 11) is 1.68. The van der Waals surface area contributed by atoms with Gasteiger partial charge in [0.2, 0.25) is 5.91 Å². The molecule has 0 saturated carbocycles. The molecule has 4 unspecified atom stereocenters. The molecule has 0 aromatic carbocycles. The fourth-order valence-electron chi connectivity index (χ4n) is 2.26. The number of piperidine rings is 1. The van der Waals surface area contributed by atoms with Crippen molar-refractivity contribution in [1.29, 1.82) is 0 Å². The number of ether oxygens (including phenoxy) is 1. The average molecular weight is 242 g/mol. The molecule has 0 spiro atoms. The second-order valence-electron chi connectivity index (χ2n) is 5.19. The predicted octanol–water partition coefficient (Wildman–Crippen LogP) is 1.45. The number of hydrogen-bond acceptors (Lipinski definition) is 3. The first-order chi connectivity index (χ1) is 8.02. The lowest BCUT2D eigenvalue weighted by Gasteiger charge is -2.34. The lowest BCUT2D eigenvalue weighted by molar-refractivity contribution is -0.122. The van der Waals surface area contributed by atoms with Gasteiger partial charge in [-0.25, -0.2) is 0 Å². The maximum atomic E-state index is 11.8. The second kappa shape index (κ2) is 6.97. The summed E-state index contributed by atoms with van der Waals surface area (Å²) < 4.78 is 5.13. The highest BCUT2D eigenvalue weighted by Gasteiger charge is 2.25. The Morgan fingerprint density at radius 3 is 2.76 bits per heavy atom. The molecular weight excluding hydrogens is 216 g/mol. The summed E-state index contributed by atoms with van der Waals surface area (Å²) in [6, 6.07) is 1.20. The highest BCUT2D eigenvalue weighted by atomic mass is 16.5. The van der Waals surface area contributed by atoms with Crippen molar-refractivity contribution in [2.24, 2.45) is 0 Å². The van der Waals surface area contributed by atoms with E-state index in [0.29, 0.717) is 18.5 Å². The maximum absolute atomic E-state index is 11.8. The van der Waals surface area contributed by atoms with Crippen molar-refractivity contribution >= 4 is 5.91 Å². The zero-order valence-electron chi connectivity index (χ0n) is 11.5. The molecule has 0 aromatic heterocycles. The number of amides is 1. The molecular formula is C13H26N2O2. The molecule has 1 rings (SSSR count). The Hall–Kier alpha value is -0.610. The van der Waals surface area contributed by atoms with Crippen LogP contribution in [0.5, 0.6) is 0 Å². The molecule has 100 valence electrons. The summed E-state index contributed by atoms with van der Waals surface area (Å²) in [5, 5.41) is 6.58. The van der Waals surface area contributed by atoms with Gasteiger partial charge in [0.25, 0.3) is 0 Å². The Balaban J connectivity index is 2.26. The van der Waals surface area contributed by atoms with Gasteiger partial charge in [0.1, 0.15) is 0 Å². The third-order valence-electron chi connectivity index (χ3n) is 3.59. The molecule has 0 radical (unpaired) electrons. The van der Waals surface area contributed by atoms with Gasteiger partial charge in [0.15, 0.2) is 0 Å². The first-order valence-corrected chi connectivity index (χ1v) is 6.61. The van der Waals surface area contributed by atoms with Gasteiger partial charge >= 0.3 is 0 Å². The van der Waals surface area contributed by atoms with Gasteiger partial charge in [-0.2, -0.15) is 0 Å². The topological polar surface area (TPSA) is 50.4 Å². The largest absolute Gasteiger partial charge is 0.382 e. The minimum atomic E-state index is 0.141. The van der Waals surface area contributed by atoms with E-state index in [-0.39, 0.29) is 18.1 Å². The summed E-state index contributed by atoms with van der Waals surface area (Å²) >= 11 is 0. The highest BCUT2D eigenvalue weighted by Crippen LogP contribution is 2.13. The van der Waals surface area contributed by atoms with E-state index in [9.17, 15) is 4.79 Å². The lowest BCUT2D eigenvalue weighted by Crippen LogP contribution is -2.54. The Bertz CT molecular complexity index is 246. The maximum Gasteiger partial charge on any atom is 0.220 e. The van der Waals surface area contributed by atoms with Crippen LogP contribution in [-0.2, 0) is 9.53 Å². The third kappa shape index (κ3) is 5.04. The molecule has 1 saturated heterocycles. The van der Waals surface area contributed by atoms with Crippen molar-refractivity contribution in [3.8, 4) is 0 Å². The zero-order valence-corrected chi connectivity index (χ0v) is 11.5. The summed E-state index contributed by atoms with van der Waals surface area (Å²) in [6.45, 7) is 6.31. The Morgan fingerprint density at radius 1 is 1.47 bits per heavy atom. The van der Waals surface area contributed by atoms with Crippen LogP contribution in [0.4, 0.5) is 0 Å². The first kappa shape index (κ1) is 14.5. The van der Waals surface area contributed by atoms with E-state index in [1.165, 1.54) is 0 Å². The summed E-state index contributed by atoms with van der Waals surface area (Å²) in [6.07, 6.45) is 3.69. The highest BCUT2D eigenvalue weighted by molar-refractivity contribution is 5.76. The first-order valence-electron chi connectivity index (χ1n) is 6.61. The Kier molecular flexibility index (Phi) is 5.92. The quantitative estimate of drug-likeness (QED) is 0.767. The fraction of sp³-hybridized carbons (Fsp3) is 0.923. The minimum absolute atomic E-state index is 0.141. The van der Waals surface area contributed by atoms with Crippen LogP contribution in [0.1, 0.15) is 46.5 Å². The van der Waals surface area contributed by atoms with E-state index in [0.717, 1.165) is 19.3 Å². The van der Waals surface area contributed by atoms with Gasteiger partial charge in [-0.1, -0.05) is 0 Å². The van der Waals surface area contributed by atoms with Crippen LogP contribution in [0, 0.1) is 0 Å². The number of hydrogen-bond donors (Lipinski definition) is 2. The van der Waals surface area contributed by atoms with Crippen molar-refractivity contribution in [2.45, 2.75) is 70.7 Å². The molecule has 1 aliphatic heterocycles. The molecule has 1 aliphatic rings. The summed E-state index contributed by atoms with van der Waals surface area (Å²) in [5.41, 5.74) is 0. The molecule has 4 atom stereocenters. The van der Waals surface area contributed by atoms with Crippen LogP contribution in [-0.4, -0.2) is 37.2 Å². The molecule has 2 N–H and O–H groups in total. The van der Waals surface area contributed by atoms with E-state index >= 15 is 0 Å². The number of nitrogens with one attached hydrogen (secondary N) is 2. The van der Waals surface area contributed by atoms with Crippen LogP contribution >= 0.6 is 0 Å².